The van der Waals surface area contributed by atoms with Crippen molar-refractivity contribution in [3.8, 4) is 0 Å². The maximum Gasteiger partial charge on any atom is 0.353 e. The Labute approximate surface area is 107 Å². The molecule has 19 heavy (non-hydrogen) atoms. The summed E-state index contributed by atoms with van der Waals surface area (Å²) in [5.74, 6) is -3.25. The molecule has 0 aliphatic carbocycles. The van der Waals surface area contributed by atoms with Crippen molar-refractivity contribution in [3.63, 3.8) is 0 Å². The minimum atomic E-state index is -1.45. The molecule has 0 radical (unpaired) electrons. The highest BCUT2D eigenvalue weighted by Gasteiger charge is 2.34. The molecule has 1 N–H and O–H groups in total. The largest absolute Gasteiger partial charge is 0.477 e. The summed E-state index contributed by atoms with van der Waals surface area (Å²) in [5.41, 5.74) is -0.523. The second kappa shape index (κ2) is 5.01. The highest BCUT2D eigenvalue weighted by molar-refractivity contribution is 6.10. The van der Waals surface area contributed by atoms with Gasteiger partial charge < -0.3 is 5.11 Å². The number of aliphatic carboxylic acids is 1. The van der Waals surface area contributed by atoms with E-state index in [2.05, 4.69) is 0 Å². The lowest BCUT2D eigenvalue weighted by atomic mass is 10.1. The lowest BCUT2D eigenvalue weighted by molar-refractivity contribution is -0.143. The first-order chi connectivity index (χ1) is 9.00. The number of amides is 2. The molecule has 1 aromatic carbocycles. The molecule has 1 aliphatic heterocycles. The van der Waals surface area contributed by atoms with Gasteiger partial charge in [0.2, 0.25) is 11.8 Å². The number of halogens is 1. The maximum absolute atomic E-state index is 13.5. The lowest BCUT2D eigenvalue weighted by Crippen LogP contribution is -2.32. The Hall–Kier alpha value is -2.50. The quantitative estimate of drug-likeness (QED) is 0.660. The van der Waals surface area contributed by atoms with Crippen LogP contribution in [0.5, 0.6) is 0 Å². The Kier molecular flexibility index (Phi) is 3.41. The van der Waals surface area contributed by atoms with Gasteiger partial charge in [-0.3, -0.25) is 9.59 Å². The van der Waals surface area contributed by atoms with Gasteiger partial charge in [0.25, 0.3) is 0 Å². The van der Waals surface area contributed by atoms with Crippen molar-refractivity contribution in [2.45, 2.75) is 12.8 Å². The van der Waals surface area contributed by atoms with E-state index in [1.165, 1.54) is 24.3 Å². The molecule has 0 aromatic heterocycles. The number of benzene rings is 1. The fraction of sp³-hybridized carbons (Fsp3) is 0.154. The van der Waals surface area contributed by atoms with Gasteiger partial charge in [0, 0.05) is 18.4 Å². The topological polar surface area (TPSA) is 74.7 Å². The van der Waals surface area contributed by atoms with Crippen molar-refractivity contribution >= 4 is 23.9 Å². The number of rotatable bonds is 3. The van der Waals surface area contributed by atoms with Gasteiger partial charge in [0.1, 0.15) is 11.5 Å². The Balaban J connectivity index is 2.47. The van der Waals surface area contributed by atoms with Crippen LogP contribution in [0, 0.1) is 5.82 Å². The van der Waals surface area contributed by atoms with Crippen LogP contribution >= 0.6 is 0 Å². The zero-order valence-corrected chi connectivity index (χ0v) is 9.80. The first-order valence-electron chi connectivity index (χ1n) is 5.56. The monoisotopic (exact) mass is 263 g/mol. The van der Waals surface area contributed by atoms with E-state index >= 15 is 0 Å². The molecule has 0 bridgehead atoms. The SMILES string of the molecule is O=C(O)C(=Cc1ccccc1F)N1C(=O)CCC1=O. The number of likely N-dealkylation sites (tertiary alicyclic amines) is 1. The highest BCUT2D eigenvalue weighted by Crippen LogP contribution is 2.21. The van der Waals surface area contributed by atoms with E-state index in [0.717, 1.165) is 6.08 Å². The number of hydrogen-bond acceptors (Lipinski definition) is 3. The van der Waals surface area contributed by atoms with Gasteiger partial charge in [-0.05, 0) is 12.1 Å². The van der Waals surface area contributed by atoms with Crippen molar-refractivity contribution in [2.75, 3.05) is 0 Å². The molecule has 0 saturated carbocycles. The Morgan fingerprint density at radius 1 is 1.21 bits per heavy atom. The van der Waals surface area contributed by atoms with Gasteiger partial charge in [0.05, 0.1) is 0 Å². The zero-order chi connectivity index (χ0) is 14.0. The third-order valence-electron chi connectivity index (χ3n) is 2.71. The lowest BCUT2D eigenvalue weighted by Gasteiger charge is -2.14. The molecule has 2 rings (SSSR count). The summed E-state index contributed by atoms with van der Waals surface area (Å²) >= 11 is 0. The second-order valence-electron chi connectivity index (χ2n) is 3.98. The molecule has 1 heterocycles. The standard InChI is InChI=1S/C13H10FNO4/c14-9-4-2-1-3-8(9)7-10(13(18)19)15-11(16)5-6-12(15)17/h1-4,7H,5-6H2,(H,18,19). The first kappa shape index (κ1) is 12.9. The van der Waals surface area contributed by atoms with Gasteiger partial charge in [-0.2, -0.15) is 0 Å². The molecule has 6 heteroatoms. The molecular weight excluding hydrogens is 253 g/mol. The van der Waals surface area contributed by atoms with E-state index in [4.69, 9.17) is 5.11 Å². The van der Waals surface area contributed by atoms with Crippen molar-refractivity contribution in [1.82, 2.24) is 4.90 Å². The highest BCUT2D eigenvalue weighted by atomic mass is 19.1. The second-order valence-corrected chi connectivity index (χ2v) is 3.98. The third-order valence-corrected chi connectivity index (χ3v) is 2.71. The molecule has 98 valence electrons. The van der Waals surface area contributed by atoms with Crippen LogP contribution in [0.15, 0.2) is 30.0 Å². The van der Waals surface area contributed by atoms with E-state index < -0.39 is 29.3 Å². The predicted octanol–water partition coefficient (Wildman–Crippen LogP) is 1.40. The summed E-state index contributed by atoms with van der Waals surface area (Å²) < 4.78 is 13.5. The number of nitrogens with zero attached hydrogens (tertiary/aromatic N) is 1. The van der Waals surface area contributed by atoms with Crippen molar-refractivity contribution < 1.29 is 23.9 Å². The summed E-state index contributed by atoms with van der Waals surface area (Å²) in [6.45, 7) is 0. The van der Waals surface area contributed by atoms with Crippen LogP contribution in [0.1, 0.15) is 18.4 Å². The average Bonchev–Trinajstić information content (AvgIpc) is 2.68. The molecule has 2 amide bonds. The summed E-state index contributed by atoms with van der Waals surface area (Å²) in [5, 5.41) is 9.08. The molecule has 0 spiro atoms. The Bertz CT molecular complexity index is 578. The third kappa shape index (κ3) is 2.52. The van der Waals surface area contributed by atoms with Crippen molar-refractivity contribution in [2.24, 2.45) is 0 Å². The van der Waals surface area contributed by atoms with Crippen LogP contribution in [0.25, 0.3) is 6.08 Å². The minimum absolute atomic E-state index is 0.00685. The number of carboxylic acid groups (broad SMARTS) is 1. The van der Waals surface area contributed by atoms with Gasteiger partial charge in [-0.1, -0.05) is 18.2 Å². The number of hydrogen-bond donors (Lipinski definition) is 1. The molecular formula is C13H10FNO4. The fourth-order valence-corrected chi connectivity index (χ4v) is 1.81. The number of carbonyl (C=O) groups is 3. The first-order valence-corrected chi connectivity index (χ1v) is 5.56. The molecule has 0 unspecified atom stereocenters. The fourth-order valence-electron chi connectivity index (χ4n) is 1.81. The molecule has 1 aromatic rings. The molecule has 0 atom stereocenters. The molecule has 1 fully saturated rings. The maximum atomic E-state index is 13.5. The van der Waals surface area contributed by atoms with Gasteiger partial charge in [-0.15, -0.1) is 0 Å². The Morgan fingerprint density at radius 3 is 2.32 bits per heavy atom. The van der Waals surface area contributed by atoms with Crippen LogP contribution in [0.4, 0.5) is 4.39 Å². The molecule has 1 saturated heterocycles. The van der Waals surface area contributed by atoms with Crippen LogP contribution in [-0.2, 0) is 14.4 Å². The van der Waals surface area contributed by atoms with E-state index in [9.17, 15) is 18.8 Å². The van der Waals surface area contributed by atoms with Crippen molar-refractivity contribution in [3.05, 3.63) is 41.3 Å². The number of carboxylic acids is 1. The van der Waals surface area contributed by atoms with Crippen LogP contribution in [-0.4, -0.2) is 27.8 Å². The summed E-state index contributed by atoms with van der Waals surface area (Å²) in [6, 6.07) is 5.52. The summed E-state index contributed by atoms with van der Waals surface area (Å²) in [6.07, 6.45) is 0.931. The normalized spacial score (nSPS) is 16.1. The average molecular weight is 263 g/mol. The Morgan fingerprint density at radius 2 is 1.79 bits per heavy atom. The summed E-state index contributed by atoms with van der Waals surface area (Å²) in [4.78, 5) is 34.8. The van der Waals surface area contributed by atoms with Crippen LogP contribution in [0.3, 0.4) is 0 Å². The number of carbonyl (C=O) groups excluding carboxylic acids is 2. The molecule has 1 aliphatic rings. The minimum Gasteiger partial charge on any atom is -0.477 e. The van der Waals surface area contributed by atoms with Gasteiger partial charge >= 0.3 is 5.97 Å². The van der Waals surface area contributed by atoms with Crippen molar-refractivity contribution in [1.29, 1.82) is 0 Å². The van der Waals surface area contributed by atoms with E-state index in [-0.39, 0.29) is 18.4 Å². The van der Waals surface area contributed by atoms with Gasteiger partial charge in [-0.25, -0.2) is 14.1 Å². The summed E-state index contributed by atoms with van der Waals surface area (Å²) in [7, 11) is 0. The predicted molar refractivity (Wildman–Crippen MR) is 63.1 cm³/mol. The zero-order valence-electron chi connectivity index (χ0n) is 9.80. The van der Waals surface area contributed by atoms with E-state index in [1.807, 2.05) is 0 Å². The van der Waals surface area contributed by atoms with Crippen LogP contribution in [0.2, 0.25) is 0 Å². The van der Waals surface area contributed by atoms with E-state index in [1.54, 1.807) is 0 Å². The van der Waals surface area contributed by atoms with E-state index in [0.29, 0.717) is 4.90 Å². The number of imide groups is 1. The smallest absolute Gasteiger partial charge is 0.353 e. The molecule has 5 nitrogen and oxygen atoms in total. The van der Waals surface area contributed by atoms with Crippen LogP contribution < -0.4 is 0 Å². The van der Waals surface area contributed by atoms with Gasteiger partial charge in [0.15, 0.2) is 0 Å².